The second-order valence-electron chi connectivity index (χ2n) is 14.5. The number of thiophene rings is 1. The summed E-state index contributed by atoms with van der Waals surface area (Å²) >= 11 is 1.81. The second-order valence-corrected chi connectivity index (χ2v) is 15.5. The Morgan fingerprint density at radius 1 is 0.298 bits per heavy atom. The highest BCUT2D eigenvalue weighted by molar-refractivity contribution is 7.25. The van der Waals surface area contributed by atoms with E-state index in [9.17, 15) is 0 Å². The lowest BCUT2D eigenvalue weighted by atomic mass is 10.1. The number of fused-ring (bicyclic) bond motifs is 9. The van der Waals surface area contributed by atoms with Crippen LogP contribution >= 0.6 is 11.3 Å². The molecule has 0 amide bonds. The molecule has 0 aliphatic heterocycles. The van der Waals surface area contributed by atoms with Gasteiger partial charge >= 0.3 is 0 Å². The minimum atomic E-state index is 0.630. The summed E-state index contributed by atoms with van der Waals surface area (Å²) in [5.41, 5.74) is 9.68. The molecule has 0 aliphatic carbocycles. The maximum atomic E-state index is 5.18. The van der Waals surface area contributed by atoms with Crippen LogP contribution in [0.3, 0.4) is 0 Å². The number of rotatable bonds is 5. The Morgan fingerprint density at radius 3 is 1.47 bits per heavy atom. The third-order valence-electron chi connectivity index (χ3n) is 11.2. The Balaban J connectivity index is 1.03. The molecule has 0 radical (unpaired) electrons. The van der Waals surface area contributed by atoms with Crippen LogP contribution in [-0.2, 0) is 0 Å². The molecule has 6 heteroatoms. The van der Waals surface area contributed by atoms with Gasteiger partial charge in [-0.3, -0.25) is 0 Å². The van der Waals surface area contributed by atoms with Crippen LogP contribution in [-0.4, -0.2) is 24.1 Å². The van der Waals surface area contributed by atoms with Crippen molar-refractivity contribution in [3.8, 4) is 45.5 Å². The first-order valence-corrected chi connectivity index (χ1v) is 19.9. The summed E-state index contributed by atoms with van der Waals surface area (Å²) in [6.45, 7) is 0. The molecule has 4 heterocycles. The molecule has 57 heavy (non-hydrogen) atoms. The molecule has 0 bridgehead atoms. The van der Waals surface area contributed by atoms with E-state index in [1.807, 2.05) is 29.5 Å². The van der Waals surface area contributed by atoms with Crippen LogP contribution in [0.1, 0.15) is 0 Å². The Morgan fingerprint density at radius 2 is 0.789 bits per heavy atom. The SMILES string of the molecule is c1ccc(-c2nc(-c3cccc(-n4c5ccccc5c5cc(-n6c7ccccc7c7ccccc76)ccc54)c3)nc(-c3ccc4sc5ccccc5c4c3)n2)cc1. The largest absolute Gasteiger partial charge is 0.309 e. The van der Waals surface area contributed by atoms with Crippen LogP contribution in [0, 0.1) is 0 Å². The molecule has 4 aromatic heterocycles. The predicted octanol–water partition coefficient (Wildman–Crippen LogP) is 13.4. The van der Waals surface area contributed by atoms with Crippen molar-refractivity contribution in [3.63, 3.8) is 0 Å². The summed E-state index contributed by atoms with van der Waals surface area (Å²) < 4.78 is 7.27. The van der Waals surface area contributed by atoms with Crippen molar-refractivity contribution in [1.29, 1.82) is 0 Å². The maximum absolute atomic E-state index is 5.18. The van der Waals surface area contributed by atoms with Crippen LogP contribution in [0.25, 0.3) is 109 Å². The van der Waals surface area contributed by atoms with Gasteiger partial charge in [0.1, 0.15) is 0 Å². The zero-order chi connectivity index (χ0) is 37.5. The standard InChI is InChI=1S/C51H31N5S/c1-2-13-32(14-3-1)49-52-50(54-51(53-49)34-25-28-48-42(30-34)40-20-7-11-24-47(40)57-48)33-15-12-16-35(29-33)55-45-23-10-6-19-39(45)41-31-36(26-27-46(41)55)56-43-21-8-4-17-37(43)38-18-5-9-22-44(38)56/h1-31H. The Hall–Kier alpha value is -7.41. The van der Waals surface area contributed by atoms with E-state index in [-0.39, 0.29) is 0 Å². The van der Waals surface area contributed by atoms with Crippen LogP contribution in [0.15, 0.2) is 188 Å². The van der Waals surface area contributed by atoms with Gasteiger partial charge in [-0.15, -0.1) is 11.3 Å². The molecule has 0 N–H and O–H groups in total. The van der Waals surface area contributed by atoms with E-state index < -0.39 is 0 Å². The summed E-state index contributed by atoms with van der Waals surface area (Å²) in [5, 5.41) is 7.37. The van der Waals surface area contributed by atoms with Crippen molar-refractivity contribution in [2.45, 2.75) is 0 Å². The van der Waals surface area contributed by atoms with Gasteiger partial charge in [0.15, 0.2) is 17.5 Å². The van der Waals surface area contributed by atoms with Crippen LogP contribution in [0.2, 0.25) is 0 Å². The van der Waals surface area contributed by atoms with Gasteiger partial charge in [-0.05, 0) is 72.8 Å². The summed E-state index contributed by atoms with van der Waals surface area (Å²) in [4.78, 5) is 15.3. The number of benzene rings is 8. The molecule has 12 rings (SSSR count). The Kier molecular flexibility index (Phi) is 7.03. The van der Waals surface area contributed by atoms with Gasteiger partial charge in [-0.25, -0.2) is 15.0 Å². The lowest BCUT2D eigenvalue weighted by molar-refractivity contribution is 1.07. The van der Waals surface area contributed by atoms with Crippen molar-refractivity contribution in [3.05, 3.63) is 188 Å². The topological polar surface area (TPSA) is 48.5 Å². The number of hydrogen-bond acceptors (Lipinski definition) is 4. The van der Waals surface area contributed by atoms with Gasteiger partial charge < -0.3 is 9.13 Å². The second kappa shape index (κ2) is 12.6. The summed E-state index contributed by atoms with van der Waals surface area (Å²) in [6, 6.07) is 66.8. The molecule has 12 aromatic rings. The fourth-order valence-corrected chi connectivity index (χ4v) is 9.66. The van der Waals surface area contributed by atoms with Crippen LogP contribution in [0.4, 0.5) is 0 Å². The van der Waals surface area contributed by atoms with E-state index in [1.165, 1.54) is 52.8 Å². The summed E-state index contributed by atoms with van der Waals surface area (Å²) in [6.07, 6.45) is 0. The molecule has 266 valence electrons. The van der Waals surface area contributed by atoms with Gasteiger partial charge in [-0.1, -0.05) is 115 Å². The van der Waals surface area contributed by atoms with Gasteiger partial charge in [0.25, 0.3) is 0 Å². The highest BCUT2D eigenvalue weighted by Gasteiger charge is 2.18. The van der Waals surface area contributed by atoms with Gasteiger partial charge in [0.2, 0.25) is 0 Å². The molecule has 0 fully saturated rings. The number of hydrogen-bond donors (Lipinski definition) is 0. The van der Waals surface area contributed by atoms with Gasteiger partial charge in [0.05, 0.1) is 22.1 Å². The maximum Gasteiger partial charge on any atom is 0.164 e. The van der Waals surface area contributed by atoms with Crippen molar-refractivity contribution >= 4 is 75.1 Å². The monoisotopic (exact) mass is 745 g/mol. The van der Waals surface area contributed by atoms with E-state index in [0.29, 0.717) is 17.5 Å². The van der Waals surface area contributed by atoms with Crippen molar-refractivity contribution < 1.29 is 0 Å². The normalized spacial score (nSPS) is 11.9. The minimum absolute atomic E-state index is 0.630. The van der Waals surface area contributed by atoms with E-state index in [4.69, 9.17) is 15.0 Å². The van der Waals surface area contributed by atoms with E-state index >= 15 is 0 Å². The fourth-order valence-electron chi connectivity index (χ4n) is 8.58. The molecular formula is C51H31N5S. The minimum Gasteiger partial charge on any atom is -0.309 e. The summed E-state index contributed by atoms with van der Waals surface area (Å²) in [7, 11) is 0. The quantitative estimate of drug-likeness (QED) is 0.176. The van der Waals surface area contributed by atoms with Crippen LogP contribution in [0.5, 0.6) is 0 Å². The molecule has 5 nitrogen and oxygen atoms in total. The average molecular weight is 746 g/mol. The van der Waals surface area contributed by atoms with Crippen molar-refractivity contribution in [2.24, 2.45) is 0 Å². The average Bonchev–Trinajstić information content (AvgIpc) is 3.94. The first-order valence-electron chi connectivity index (χ1n) is 19.1. The molecule has 0 saturated heterocycles. The smallest absolute Gasteiger partial charge is 0.164 e. The Labute approximate surface area is 331 Å². The molecule has 8 aromatic carbocycles. The van der Waals surface area contributed by atoms with Crippen molar-refractivity contribution in [2.75, 3.05) is 0 Å². The van der Waals surface area contributed by atoms with E-state index in [2.05, 4.69) is 179 Å². The van der Waals surface area contributed by atoms with E-state index in [0.717, 1.165) is 39.1 Å². The lowest BCUT2D eigenvalue weighted by Crippen LogP contribution is -2.01. The molecule has 0 spiro atoms. The number of aromatic nitrogens is 5. The fraction of sp³-hybridized carbons (Fsp3) is 0. The molecule has 0 unspecified atom stereocenters. The van der Waals surface area contributed by atoms with Crippen molar-refractivity contribution in [1.82, 2.24) is 24.1 Å². The molecule has 0 atom stereocenters. The highest BCUT2D eigenvalue weighted by atomic mass is 32.1. The predicted molar refractivity (Wildman–Crippen MR) is 238 cm³/mol. The number of nitrogens with zero attached hydrogens (tertiary/aromatic N) is 5. The number of para-hydroxylation sites is 3. The lowest BCUT2D eigenvalue weighted by Gasteiger charge is -2.12. The zero-order valence-electron chi connectivity index (χ0n) is 30.5. The third-order valence-corrected chi connectivity index (χ3v) is 12.3. The summed E-state index contributed by atoms with van der Waals surface area (Å²) in [5.74, 6) is 1.92. The van der Waals surface area contributed by atoms with Gasteiger partial charge in [-0.2, -0.15) is 0 Å². The first-order chi connectivity index (χ1) is 28.2. The Bertz CT molecular complexity index is 3490. The van der Waals surface area contributed by atoms with E-state index in [1.54, 1.807) is 0 Å². The zero-order valence-corrected chi connectivity index (χ0v) is 31.4. The van der Waals surface area contributed by atoms with Crippen LogP contribution < -0.4 is 0 Å². The first kappa shape index (κ1) is 31.9. The molecule has 0 aliphatic rings. The molecular weight excluding hydrogens is 715 g/mol. The van der Waals surface area contributed by atoms with Gasteiger partial charge in [0, 0.05) is 69.8 Å². The third kappa shape index (κ3) is 5.04. The highest BCUT2D eigenvalue weighted by Crippen LogP contribution is 2.39. The molecule has 0 saturated carbocycles.